The molecule has 0 saturated carbocycles. The minimum Gasteiger partial charge on any atom is -0.395 e. The zero-order chi connectivity index (χ0) is 11.4. The molecule has 16 heavy (non-hydrogen) atoms. The Morgan fingerprint density at radius 2 is 2.19 bits per heavy atom. The second-order valence-corrected chi connectivity index (χ2v) is 4.75. The zero-order valence-corrected chi connectivity index (χ0v) is 9.95. The minimum absolute atomic E-state index is 0.177. The molecule has 1 aromatic rings. The van der Waals surface area contributed by atoms with E-state index in [1.165, 1.54) is 36.8 Å². The van der Waals surface area contributed by atoms with Crippen molar-refractivity contribution in [2.75, 3.05) is 6.61 Å². The summed E-state index contributed by atoms with van der Waals surface area (Å²) in [6.07, 6.45) is 4.93. The summed E-state index contributed by atoms with van der Waals surface area (Å²) in [6.45, 7) is 2.24. The molecule has 2 nitrogen and oxygen atoms in total. The van der Waals surface area contributed by atoms with E-state index in [4.69, 9.17) is 5.11 Å². The number of aliphatic hydroxyl groups excluding tert-OH is 1. The largest absolute Gasteiger partial charge is 0.395 e. The molecule has 0 saturated heterocycles. The van der Waals surface area contributed by atoms with E-state index in [2.05, 4.69) is 29.6 Å². The van der Waals surface area contributed by atoms with Gasteiger partial charge in [-0.3, -0.25) is 0 Å². The highest BCUT2D eigenvalue weighted by atomic mass is 16.3. The lowest BCUT2D eigenvalue weighted by Crippen LogP contribution is -2.33. The van der Waals surface area contributed by atoms with E-state index in [0.717, 1.165) is 0 Å². The number of hydrogen-bond donors (Lipinski definition) is 2. The van der Waals surface area contributed by atoms with Crippen molar-refractivity contribution in [2.24, 2.45) is 0 Å². The van der Waals surface area contributed by atoms with Gasteiger partial charge in [0, 0.05) is 12.1 Å². The number of hydrogen-bond acceptors (Lipinski definition) is 2. The Hall–Kier alpha value is -0.860. The third-order valence-electron chi connectivity index (χ3n) is 3.38. The molecule has 0 spiro atoms. The van der Waals surface area contributed by atoms with Crippen molar-refractivity contribution in [2.45, 2.75) is 44.7 Å². The molecule has 88 valence electrons. The molecule has 1 unspecified atom stereocenters. The molecule has 0 heterocycles. The van der Waals surface area contributed by atoms with E-state index >= 15 is 0 Å². The quantitative estimate of drug-likeness (QED) is 0.765. The first-order valence-corrected chi connectivity index (χ1v) is 6.26. The van der Waals surface area contributed by atoms with Crippen molar-refractivity contribution in [1.82, 2.24) is 5.32 Å². The molecule has 2 rings (SSSR count). The Kier molecular flexibility index (Phi) is 3.97. The van der Waals surface area contributed by atoms with Crippen molar-refractivity contribution in [3.63, 3.8) is 0 Å². The van der Waals surface area contributed by atoms with Crippen molar-refractivity contribution >= 4 is 0 Å². The van der Waals surface area contributed by atoms with Crippen LogP contribution in [-0.2, 0) is 6.42 Å². The van der Waals surface area contributed by atoms with Gasteiger partial charge >= 0.3 is 0 Å². The second-order valence-electron chi connectivity index (χ2n) is 4.75. The van der Waals surface area contributed by atoms with Gasteiger partial charge in [-0.2, -0.15) is 0 Å². The van der Waals surface area contributed by atoms with Gasteiger partial charge in [-0.15, -0.1) is 0 Å². The summed E-state index contributed by atoms with van der Waals surface area (Å²) in [6, 6.07) is 9.29. The van der Waals surface area contributed by atoms with Crippen LogP contribution in [0.1, 0.15) is 43.4 Å². The molecule has 1 aliphatic carbocycles. The highest BCUT2D eigenvalue weighted by Crippen LogP contribution is 2.28. The predicted molar refractivity (Wildman–Crippen MR) is 66.4 cm³/mol. The lowest BCUT2D eigenvalue weighted by atomic mass is 9.98. The summed E-state index contributed by atoms with van der Waals surface area (Å²) in [4.78, 5) is 0. The maximum absolute atomic E-state index is 9.12. The Labute approximate surface area is 97.7 Å². The van der Waals surface area contributed by atoms with Crippen LogP contribution in [0.2, 0.25) is 0 Å². The Balaban J connectivity index is 2.19. The predicted octanol–water partition coefficient (Wildman–Crippen LogP) is 2.42. The van der Waals surface area contributed by atoms with E-state index in [1.807, 2.05) is 6.92 Å². The van der Waals surface area contributed by atoms with Crippen LogP contribution in [0.25, 0.3) is 0 Å². The fourth-order valence-corrected chi connectivity index (χ4v) is 2.49. The second kappa shape index (κ2) is 5.46. The molecule has 1 aromatic carbocycles. The summed E-state index contributed by atoms with van der Waals surface area (Å²) < 4.78 is 0. The zero-order valence-electron chi connectivity index (χ0n) is 9.95. The van der Waals surface area contributed by atoms with Crippen LogP contribution in [0.5, 0.6) is 0 Å². The van der Waals surface area contributed by atoms with Crippen LogP contribution in [0.3, 0.4) is 0 Å². The lowest BCUT2D eigenvalue weighted by molar-refractivity contribution is 0.238. The SMILES string of the molecule is C[C@H](CO)NC1CCCCc2ccccc21. The average Bonchev–Trinajstić information content (AvgIpc) is 2.52. The number of benzene rings is 1. The normalized spacial score (nSPS) is 22.2. The fourth-order valence-electron chi connectivity index (χ4n) is 2.49. The number of nitrogens with one attached hydrogen (secondary N) is 1. The Morgan fingerprint density at radius 3 is 3.00 bits per heavy atom. The summed E-state index contributed by atoms with van der Waals surface area (Å²) in [7, 11) is 0. The lowest BCUT2D eigenvalue weighted by Gasteiger charge is -2.22. The van der Waals surface area contributed by atoms with Gasteiger partial charge in [-0.1, -0.05) is 30.7 Å². The average molecular weight is 219 g/mol. The van der Waals surface area contributed by atoms with Gasteiger partial charge in [0.25, 0.3) is 0 Å². The molecule has 0 aromatic heterocycles. The summed E-state index contributed by atoms with van der Waals surface area (Å²) in [5.74, 6) is 0. The molecule has 0 aliphatic heterocycles. The highest BCUT2D eigenvalue weighted by molar-refractivity contribution is 5.31. The van der Waals surface area contributed by atoms with Crippen LogP contribution in [0, 0.1) is 0 Å². The number of rotatable bonds is 3. The third kappa shape index (κ3) is 2.63. The first kappa shape index (κ1) is 11.6. The van der Waals surface area contributed by atoms with Gasteiger partial charge in [0.15, 0.2) is 0 Å². The summed E-state index contributed by atoms with van der Waals surface area (Å²) >= 11 is 0. The van der Waals surface area contributed by atoms with Gasteiger partial charge < -0.3 is 10.4 Å². The number of aryl methyl sites for hydroxylation is 1. The monoisotopic (exact) mass is 219 g/mol. The van der Waals surface area contributed by atoms with Crippen molar-refractivity contribution in [3.8, 4) is 0 Å². The highest BCUT2D eigenvalue weighted by Gasteiger charge is 2.19. The molecule has 2 heteroatoms. The van der Waals surface area contributed by atoms with Gasteiger partial charge in [0.1, 0.15) is 0 Å². The van der Waals surface area contributed by atoms with E-state index < -0.39 is 0 Å². The van der Waals surface area contributed by atoms with Gasteiger partial charge in [0.2, 0.25) is 0 Å². The Bertz CT molecular complexity index is 337. The fraction of sp³-hybridized carbons (Fsp3) is 0.571. The van der Waals surface area contributed by atoms with E-state index in [-0.39, 0.29) is 12.6 Å². The van der Waals surface area contributed by atoms with Crippen LogP contribution in [0.15, 0.2) is 24.3 Å². The van der Waals surface area contributed by atoms with Gasteiger partial charge in [0.05, 0.1) is 6.61 Å². The van der Waals surface area contributed by atoms with E-state index in [0.29, 0.717) is 6.04 Å². The van der Waals surface area contributed by atoms with Gasteiger partial charge in [-0.05, 0) is 37.3 Å². The molecular weight excluding hydrogens is 198 g/mol. The first-order chi connectivity index (χ1) is 7.81. The molecule has 2 atom stereocenters. The summed E-state index contributed by atoms with van der Waals surface area (Å²) in [5, 5.41) is 12.6. The number of aliphatic hydroxyl groups is 1. The molecule has 0 fully saturated rings. The molecule has 0 radical (unpaired) electrons. The smallest absolute Gasteiger partial charge is 0.0582 e. The topological polar surface area (TPSA) is 32.3 Å². The molecular formula is C14H21NO. The molecule has 2 N–H and O–H groups in total. The molecule has 1 aliphatic rings. The van der Waals surface area contributed by atoms with Crippen LogP contribution in [-0.4, -0.2) is 17.8 Å². The Morgan fingerprint density at radius 1 is 1.38 bits per heavy atom. The number of fused-ring (bicyclic) bond motifs is 1. The maximum Gasteiger partial charge on any atom is 0.0582 e. The third-order valence-corrected chi connectivity index (χ3v) is 3.38. The minimum atomic E-state index is 0.177. The van der Waals surface area contributed by atoms with Crippen molar-refractivity contribution in [1.29, 1.82) is 0 Å². The maximum atomic E-state index is 9.12. The molecule has 0 amide bonds. The van der Waals surface area contributed by atoms with Gasteiger partial charge in [-0.25, -0.2) is 0 Å². The van der Waals surface area contributed by atoms with Crippen molar-refractivity contribution < 1.29 is 5.11 Å². The van der Waals surface area contributed by atoms with E-state index in [1.54, 1.807) is 0 Å². The molecule has 0 bridgehead atoms. The van der Waals surface area contributed by atoms with Crippen LogP contribution in [0.4, 0.5) is 0 Å². The standard InChI is InChI=1S/C14H21NO/c1-11(10-16)15-14-9-5-3-7-12-6-2-4-8-13(12)14/h2,4,6,8,11,14-16H,3,5,7,9-10H2,1H3/t11-,14?/m1/s1. The van der Waals surface area contributed by atoms with Crippen LogP contribution >= 0.6 is 0 Å². The van der Waals surface area contributed by atoms with E-state index in [9.17, 15) is 0 Å². The summed E-state index contributed by atoms with van der Waals surface area (Å²) in [5.41, 5.74) is 2.91. The van der Waals surface area contributed by atoms with Crippen LogP contribution < -0.4 is 5.32 Å². The first-order valence-electron chi connectivity index (χ1n) is 6.26. The van der Waals surface area contributed by atoms with Crippen molar-refractivity contribution in [3.05, 3.63) is 35.4 Å².